The molecule has 2 heterocycles. The number of nitrogens with two attached hydrogens (primary N) is 1. The lowest BCUT2D eigenvalue weighted by Gasteiger charge is -2.36. The Morgan fingerprint density at radius 3 is 3.13 bits per heavy atom. The number of nitrogens with one attached hydrogen (secondary N) is 1. The molecule has 5 heteroatoms. The molecule has 15 heavy (non-hydrogen) atoms. The van der Waals surface area contributed by atoms with E-state index in [4.69, 9.17) is 10.5 Å². The van der Waals surface area contributed by atoms with Crippen molar-refractivity contribution in [2.24, 2.45) is 11.7 Å². The van der Waals surface area contributed by atoms with Crippen LogP contribution in [-0.4, -0.2) is 56.2 Å². The maximum Gasteiger partial charge on any atom is 0.248 e. The van der Waals surface area contributed by atoms with Crippen LogP contribution in [0.4, 0.5) is 0 Å². The Hall–Kier alpha value is -0.650. The number of hydrogen-bond donors (Lipinski definition) is 2. The number of morpholine rings is 1. The van der Waals surface area contributed by atoms with E-state index in [-0.39, 0.29) is 18.6 Å². The highest BCUT2D eigenvalue weighted by Crippen LogP contribution is 2.14. The molecule has 2 unspecified atom stereocenters. The van der Waals surface area contributed by atoms with E-state index >= 15 is 0 Å². The molecule has 0 aliphatic carbocycles. The van der Waals surface area contributed by atoms with Gasteiger partial charge in [0.1, 0.15) is 6.61 Å². The molecule has 1 amide bonds. The molecule has 0 aromatic rings. The van der Waals surface area contributed by atoms with Crippen LogP contribution in [0.15, 0.2) is 0 Å². The average molecular weight is 213 g/mol. The number of rotatable bonds is 3. The molecular weight excluding hydrogens is 194 g/mol. The van der Waals surface area contributed by atoms with E-state index in [1.165, 1.54) is 0 Å². The summed E-state index contributed by atoms with van der Waals surface area (Å²) < 4.78 is 5.19. The van der Waals surface area contributed by atoms with Gasteiger partial charge in [-0.2, -0.15) is 0 Å². The van der Waals surface area contributed by atoms with Crippen LogP contribution < -0.4 is 11.1 Å². The Kier molecular flexibility index (Phi) is 3.56. The minimum atomic E-state index is 0.0758. The fourth-order valence-electron chi connectivity index (χ4n) is 2.25. The second kappa shape index (κ2) is 4.92. The van der Waals surface area contributed by atoms with Gasteiger partial charge in [0, 0.05) is 13.1 Å². The van der Waals surface area contributed by atoms with Gasteiger partial charge in [-0.3, -0.25) is 4.79 Å². The van der Waals surface area contributed by atoms with Gasteiger partial charge in [0.05, 0.1) is 12.6 Å². The van der Waals surface area contributed by atoms with Crippen molar-refractivity contribution in [1.29, 1.82) is 0 Å². The maximum atomic E-state index is 11.7. The minimum Gasteiger partial charge on any atom is -0.369 e. The van der Waals surface area contributed by atoms with Gasteiger partial charge in [-0.05, 0) is 25.4 Å². The fourth-order valence-corrected chi connectivity index (χ4v) is 2.25. The van der Waals surface area contributed by atoms with Crippen molar-refractivity contribution in [1.82, 2.24) is 10.2 Å². The predicted octanol–water partition coefficient (Wildman–Crippen LogP) is -1.22. The van der Waals surface area contributed by atoms with Crippen molar-refractivity contribution in [3.05, 3.63) is 0 Å². The van der Waals surface area contributed by atoms with Gasteiger partial charge in [0.2, 0.25) is 5.91 Å². The van der Waals surface area contributed by atoms with Gasteiger partial charge in [-0.1, -0.05) is 0 Å². The van der Waals surface area contributed by atoms with Crippen LogP contribution in [0, 0.1) is 5.92 Å². The van der Waals surface area contributed by atoms with Gasteiger partial charge < -0.3 is 20.7 Å². The first kappa shape index (κ1) is 10.9. The maximum absolute atomic E-state index is 11.7. The number of hydrogen-bond acceptors (Lipinski definition) is 4. The van der Waals surface area contributed by atoms with E-state index in [1.807, 2.05) is 4.90 Å². The van der Waals surface area contributed by atoms with Crippen molar-refractivity contribution in [3.8, 4) is 0 Å². The average Bonchev–Trinajstić information content (AvgIpc) is 2.74. The molecule has 3 N–H and O–H groups in total. The smallest absolute Gasteiger partial charge is 0.248 e. The van der Waals surface area contributed by atoms with E-state index in [0.717, 1.165) is 26.1 Å². The second-order valence-electron chi connectivity index (χ2n) is 4.31. The van der Waals surface area contributed by atoms with Crippen molar-refractivity contribution in [2.45, 2.75) is 12.5 Å². The van der Waals surface area contributed by atoms with Gasteiger partial charge in [0.15, 0.2) is 0 Å². The third-order valence-corrected chi connectivity index (χ3v) is 3.19. The van der Waals surface area contributed by atoms with E-state index in [9.17, 15) is 4.79 Å². The SMILES string of the molecule is NCC1COCC(=O)N1CC1CCNC1. The van der Waals surface area contributed by atoms with Gasteiger partial charge in [0.25, 0.3) is 0 Å². The highest BCUT2D eigenvalue weighted by atomic mass is 16.5. The standard InChI is InChI=1S/C10H19N3O2/c11-3-9-6-15-7-10(14)13(9)5-8-1-2-12-4-8/h8-9,12H,1-7,11H2. The number of amides is 1. The topological polar surface area (TPSA) is 67.6 Å². The summed E-state index contributed by atoms with van der Waals surface area (Å²) in [5.74, 6) is 0.671. The van der Waals surface area contributed by atoms with Crippen LogP contribution in [-0.2, 0) is 9.53 Å². The quantitative estimate of drug-likeness (QED) is 0.617. The predicted molar refractivity (Wildman–Crippen MR) is 56.4 cm³/mol. The van der Waals surface area contributed by atoms with Gasteiger partial charge >= 0.3 is 0 Å². The number of carbonyl (C=O) groups is 1. The molecule has 0 spiro atoms. The zero-order valence-corrected chi connectivity index (χ0v) is 8.95. The highest BCUT2D eigenvalue weighted by molar-refractivity contribution is 5.78. The molecule has 2 atom stereocenters. The summed E-state index contributed by atoms with van der Waals surface area (Å²) in [4.78, 5) is 13.6. The first-order valence-corrected chi connectivity index (χ1v) is 5.59. The van der Waals surface area contributed by atoms with E-state index < -0.39 is 0 Å². The number of ether oxygens (including phenoxy) is 1. The zero-order valence-electron chi connectivity index (χ0n) is 8.95. The lowest BCUT2D eigenvalue weighted by molar-refractivity contribution is -0.148. The van der Waals surface area contributed by atoms with Crippen molar-refractivity contribution in [2.75, 3.05) is 39.4 Å². The van der Waals surface area contributed by atoms with Crippen molar-refractivity contribution >= 4 is 5.91 Å². The zero-order chi connectivity index (χ0) is 10.7. The summed E-state index contributed by atoms with van der Waals surface area (Å²) in [6, 6.07) is 0.0758. The van der Waals surface area contributed by atoms with Crippen LogP contribution in [0.2, 0.25) is 0 Å². The molecule has 2 aliphatic rings. The minimum absolute atomic E-state index is 0.0758. The number of carbonyl (C=O) groups excluding carboxylic acids is 1. The van der Waals surface area contributed by atoms with Crippen LogP contribution in [0.5, 0.6) is 0 Å². The summed E-state index contributed by atoms with van der Waals surface area (Å²) in [5.41, 5.74) is 5.64. The molecular formula is C10H19N3O2. The molecule has 2 rings (SSSR count). The normalized spacial score (nSPS) is 32.3. The molecule has 0 bridgehead atoms. The Balaban J connectivity index is 1.93. The van der Waals surface area contributed by atoms with Crippen LogP contribution in [0.1, 0.15) is 6.42 Å². The van der Waals surface area contributed by atoms with E-state index in [0.29, 0.717) is 19.1 Å². The molecule has 0 radical (unpaired) electrons. The third kappa shape index (κ3) is 2.48. The van der Waals surface area contributed by atoms with Gasteiger partial charge in [-0.25, -0.2) is 0 Å². The van der Waals surface area contributed by atoms with Crippen molar-refractivity contribution < 1.29 is 9.53 Å². The molecule has 0 saturated carbocycles. The summed E-state index contributed by atoms with van der Waals surface area (Å²) in [6.07, 6.45) is 1.15. The molecule has 0 aromatic carbocycles. The lowest BCUT2D eigenvalue weighted by Crippen LogP contribution is -2.54. The third-order valence-electron chi connectivity index (χ3n) is 3.19. The molecule has 0 aromatic heterocycles. The monoisotopic (exact) mass is 213 g/mol. The summed E-state index contributed by atoms with van der Waals surface area (Å²) in [5, 5.41) is 3.31. The summed E-state index contributed by atoms with van der Waals surface area (Å²) in [7, 11) is 0. The first-order valence-electron chi connectivity index (χ1n) is 5.59. The Morgan fingerprint density at radius 2 is 2.47 bits per heavy atom. The Labute approximate surface area is 89.9 Å². The van der Waals surface area contributed by atoms with Crippen molar-refractivity contribution in [3.63, 3.8) is 0 Å². The van der Waals surface area contributed by atoms with Crippen LogP contribution in [0.25, 0.3) is 0 Å². The lowest BCUT2D eigenvalue weighted by atomic mass is 10.1. The Bertz CT molecular complexity index is 229. The summed E-state index contributed by atoms with van der Waals surface area (Å²) >= 11 is 0. The van der Waals surface area contributed by atoms with E-state index in [1.54, 1.807) is 0 Å². The molecule has 86 valence electrons. The first-order chi connectivity index (χ1) is 7.31. The molecule has 2 aliphatic heterocycles. The van der Waals surface area contributed by atoms with E-state index in [2.05, 4.69) is 5.32 Å². The van der Waals surface area contributed by atoms with Crippen LogP contribution in [0.3, 0.4) is 0 Å². The highest BCUT2D eigenvalue weighted by Gasteiger charge is 2.30. The molecule has 2 saturated heterocycles. The second-order valence-corrected chi connectivity index (χ2v) is 4.31. The number of nitrogens with zero attached hydrogens (tertiary/aromatic N) is 1. The largest absolute Gasteiger partial charge is 0.369 e. The fraction of sp³-hybridized carbons (Fsp3) is 0.900. The van der Waals surface area contributed by atoms with Crippen LogP contribution >= 0.6 is 0 Å². The van der Waals surface area contributed by atoms with Gasteiger partial charge in [-0.15, -0.1) is 0 Å². The molecule has 2 fully saturated rings. The summed E-state index contributed by atoms with van der Waals surface area (Å²) in [6.45, 7) is 4.21. The Morgan fingerprint density at radius 1 is 1.60 bits per heavy atom. The molecule has 5 nitrogen and oxygen atoms in total.